The van der Waals surface area contributed by atoms with Crippen LogP contribution < -0.4 is 5.73 Å². The first-order chi connectivity index (χ1) is 7.49. The van der Waals surface area contributed by atoms with Crippen LogP contribution in [0.4, 0.5) is 0 Å². The van der Waals surface area contributed by atoms with E-state index in [0.29, 0.717) is 11.0 Å². The Balaban J connectivity index is 2.09. The highest BCUT2D eigenvalue weighted by atomic mass is 32.2. The van der Waals surface area contributed by atoms with E-state index in [4.69, 9.17) is 5.73 Å². The molecule has 2 N–H and O–H groups in total. The standard InChI is InChI=1S/C13H26N2S/c1-12(2)5-6-13(9-12,10-14)15(3)11-4-7-16-8-11/h11H,4-10,14H2,1-3H3. The third-order valence-electron chi connectivity index (χ3n) is 4.66. The molecule has 2 nitrogen and oxygen atoms in total. The topological polar surface area (TPSA) is 29.3 Å². The minimum atomic E-state index is 0.291. The van der Waals surface area contributed by atoms with E-state index < -0.39 is 0 Å². The van der Waals surface area contributed by atoms with Crippen molar-refractivity contribution in [3.8, 4) is 0 Å². The summed E-state index contributed by atoms with van der Waals surface area (Å²) in [6.07, 6.45) is 5.24. The average molecular weight is 242 g/mol. The van der Waals surface area contributed by atoms with Crippen LogP contribution in [0.5, 0.6) is 0 Å². The van der Waals surface area contributed by atoms with Gasteiger partial charge in [0.15, 0.2) is 0 Å². The normalized spacial score (nSPS) is 38.4. The zero-order valence-electron chi connectivity index (χ0n) is 11.0. The third kappa shape index (κ3) is 2.27. The lowest BCUT2D eigenvalue weighted by Gasteiger charge is -2.42. The van der Waals surface area contributed by atoms with Crippen molar-refractivity contribution >= 4 is 11.8 Å². The van der Waals surface area contributed by atoms with Crippen molar-refractivity contribution in [1.29, 1.82) is 0 Å². The van der Waals surface area contributed by atoms with E-state index in [1.54, 1.807) is 0 Å². The summed E-state index contributed by atoms with van der Waals surface area (Å²) in [5.41, 5.74) is 6.89. The molecular weight excluding hydrogens is 216 g/mol. The Labute approximate surface area is 104 Å². The maximum absolute atomic E-state index is 6.11. The van der Waals surface area contributed by atoms with Crippen molar-refractivity contribution in [3.63, 3.8) is 0 Å². The zero-order chi connectivity index (χ0) is 11.8. The molecule has 0 spiro atoms. The Morgan fingerprint density at radius 1 is 1.38 bits per heavy atom. The van der Waals surface area contributed by atoms with E-state index in [1.807, 2.05) is 0 Å². The summed E-state index contributed by atoms with van der Waals surface area (Å²) in [6.45, 7) is 5.61. The molecule has 1 saturated carbocycles. The molecule has 0 bridgehead atoms. The van der Waals surface area contributed by atoms with Gasteiger partial charge in [0.2, 0.25) is 0 Å². The summed E-state index contributed by atoms with van der Waals surface area (Å²) < 4.78 is 0. The summed E-state index contributed by atoms with van der Waals surface area (Å²) in [7, 11) is 2.31. The molecule has 2 rings (SSSR count). The van der Waals surface area contributed by atoms with E-state index in [0.717, 1.165) is 12.6 Å². The van der Waals surface area contributed by atoms with Crippen LogP contribution in [-0.4, -0.2) is 41.6 Å². The van der Waals surface area contributed by atoms with E-state index in [9.17, 15) is 0 Å². The van der Waals surface area contributed by atoms with Gasteiger partial charge in [-0.3, -0.25) is 4.90 Å². The van der Waals surface area contributed by atoms with Crippen molar-refractivity contribution in [1.82, 2.24) is 4.90 Å². The van der Waals surface area contributed by atoms with E-state index in [1.165, 1.54) is 37.2 Å². The van der Waals surface area contributed by atoms with Gasteiger partial charge in [-0.2, -0.15) is 11.8 Å². The fourth-order valence-corrected chi connectivity index (χ4v) is 4.74. The Kier molecular flexibility index (Phi) is 3.58. The molecule has 2 fully saturated rings. The van der Waals surface area contributed by atoms with Gasteiger partial charge >= 0.3 is 0 Å². The van der Waals surface area contributed by atoms with E-state index in [-0.39, 0.29) is 0 Å². The highest BCUT2D eigenvalue weighted by Crippen LogP contribution is 2.47. The van der Waals surface area contributed by atoms with Gasteiger partial charge in [0.05, 0.1) is 0 Å². The first-order valence-electron chi connectivity index (χ1n) is 6.50. The SMILES string of the molecule is CN(C1CCSC1)C1(CN)CCC(C)(C)C1. The molecule has 1 aliphatic heterocycles. The molecule has 16 heavy (non-hydrogen) atoms. The molecule has 1 heterocycles. The quantitative estimate of drug-likeness (QED) is 0.823. The number of hydrogen-bond acceptors (Lipinski definition) is 3. The summed E-state index contributed by atoms with van der Waals surface area (Å²) in [6, 6.07) is 0.766. The molecule has 1 saturated heterocycles. The fourth-order valence-electron chi connectivity index (χ4n) is 3.47. The zero-order valence-corrected chi connectivity index (χ0v) is 11.8. The van der Waals surface area contributed by atoms with Gasteiger partial charge in [-0.15, -0.1) is 0 Å². The van der Waals surface area contributed by atoms with Gasteiger partial charge in [0, 0.05) is 23.9 Å². The highest BCUT2D eigenvalue weighted by Gasteiger charge is 2.46. The van der Waals surface area contributed by atoms with Crippen LogP contribution in [0, 0.1) is 5.41 Å². The largest absolute Gasteiger partial charge is 0.329 e. The van der Waals surface area contributed by atoms with Gasteiger partial charge in [-0.1, -0.05) is 13.8 Å². The van der Waals surface area contributed by atoms with Crippen LogP contribution in [0.15, 0.2) is 0 Å². The second-order valence-corrected chi connectivity index (χ2v) is 7.55. The molecule has 0 amide bonds. The predicted octanol–water partition coefficient (Wildman–Crippen LogP) is 2.33. The lowest BCUT2D eigenvalue weighted by atomic mass is 9.86. The average Bonchev–Trinajstić information content (AvgIpc) is 2.85. The Morgan fingerprint density at radius 2 is 2.12 bits per heavy atom. The Hall–Kier alpha value is 0.270. The van der Waals surface area contributed by atoms with Gasteiger partial charge < -0.3 is 5.73 Å². The van der Waals surface area contributed by atoms with Gasteiger partial charge in [0.1, 0.15) is 0 Å². The molecule has 1 aliphatic carbocycles. The van der Waals surface area contributed by atoms with Crippen LogP contribution in [0.25, 0.3) is 0 Å². The molecule has 2 unspecified atom stereocenters. The van der Waals surface area contributed by atoms with Crippen LogP contribution in [0.2, 0.25) is 0 Å². The van der Waals surface area contributed by atoms with E-state index in [2.05, 4.69) is 37.6 Å². The number of thioether (sulfide) groups is 1. The number of hydrogen-bond donors (Lipinski definition) is 1. The minimum Gasteiger partial charge on any atom is -0.329 e. The second kappa shape index (κ2) is 4.51. The van der Waals surface area contributed by atoms with Gasteiger partial charge in [-0.05, 0) is 43.9 Å². The van der Waals surface area contributed by atoms with Crippen molar-refractivity contribution in [2.45, 2.75) is 51.1 Å². The van der Waals surface area contributed by atoms with Gasteiger partial charge in [0.25, 0.3) is 0 Å². The first-order valence-corrected chi connectivity index (χ1v) is 7.65. The number of rotatable bonds is 3. The monoisotopic (exact) mass is 242 g/mol. The van der Waals surface area contributed by atoms with Crippen LogP contribution in [0.1, 0.15) is 39.5 Å². The first kappa shape index (κ1) is 12.7. The molecule has 0 radical (unpaired) electrons. The van der Waals surface area contributed by atoms with Crippen LogP contribution >= 0.6 is 11.8 Å². The molecule has 0 aromatic rings. The third-order valence-corrected chi connectivity index (χ3v) is 5.80. The summed E-state index contributed by atoms with van der Waals surface area (Å²) in [4.78, 5) is 2.63. The fraction of sp³-hybridized carbons (Fsp3) is 1.00. The summed E-state index contributed by atoms with van der Waals surface area (Å²) >= 11 is 2.10. The number of nitrogens with zero attached hydrogens (tertiary/aromatic N) is 1. The lowest BCUT2D eigenvalue weighted by Crippen LogP contribution is -2.54. The van der Waals surface area contributed by atoms with Crippen LogP contribution in [0.3, 0.4) is 0 Å². The van der Waals surface area contributed by atoms with Gasteiger partial charge in [-0.25, -0.2) is 0 Å². The molecule has 2 aliphatic rings. The number of nitrogens with two attached hydrogens (primary N) is 1. The summed E-state index contributed by atoms with van der Waals surface area (Å²) in [5, 5.41) is 0. The smallest absolute Gasteiger partial charge is 0.0337 e. The Morgan fingerprint density at radius 3 is 2.56 bits per heavy atom. The van der Waals surface area contributed by atoms with E-state index >= 15 is 0 Å². The highest BCUT2D eigenvalue weighted by molar-refractivity contribution is 7.99. The number of likely N-dealkylation sites (N-methyl/N-ethyl adjacent to an activating group) is 1. The molecular formula is C13H26N2S. The molecule has 0 aromatic heterocycles. The lowest BCUT2D eigenvalue weighted by molar-refractivity contribution is 0.0829. The van der Waals surface area contributed by atoms with Crippen molar-refractivity contribution in [2.24, 2.45) is 11.1 Å². The molecule has 94 valence electrons. The van der Waals surface area contributed by atoms with Crippen molar-refractivity contribution in [2.75, 3.05) is 25.1 Å². The molecule has 0 aromatic carbocycles. The van der Waals surface area contributed by atoms with Crippen molar-refractivity contribution < 1.29 is 0 Å². The maximum Gasteiger partial charge on any atom is 0.0337 e. The second-order valence-electron chi connectivity index (χ2n) is 6.40. The summed E-state index contributed by atoms with van der Waals surface area (Å²) in [5.74, 6) is 2.64. The van der Waals surface area contributed by atoms with Crippen LogP contribution in [-0.2, 0) is 0 Å². The molecule has 2 atom stereocenters. The predicted molar refractivity (Wildman–Crippen MR) is 72.9 cm³/mol. The maximum atomic E-state index is 6.11. The van der Waals surface area contributed by atoms with Crippen molar-refractivity contribution in [3.05, 3.63) is 0 Å². The molecule has 3 heteroatoms. The minimum absolute atomic E-state index is 0.291. The Bertz CT molecular complexity index is 248.